The number of anilines is 1. The number of methoxy groups -OCH3 is 2. The molecule has 0 amide bonds. The summed E-state index contributed by atoms with van der Waals surface area (Å²) in [5.74, 6) is 0.770. The van der Waals surface area contributed by atoms with Gasteiger partial charge < -0.3 is 14.8 Å². The van der Waals surface area contributed by atoms with Crippen LogP contribution in [0.4, 0.5) is 11.4 Å². The molecule has 0 saturated carbocycles. The summed E-state index contributed by atoms with van der Waals surface area (Å²) < 4.78 is 11.3. The summed E-state index contributed by atoms with van der Waals surface area (Å²) >= 11 is 4.95. The van der Waals surface area contributed by atoms with Gasteiger partial charge in [-0.25, -0.2) is 0 Å². The number of halogens is 1. The van der Waals surface area contributed by atoms with Gasteiger partial charge in [0.25, 0.3) is 5.69 Å². The highest BCUT2D eigenvalue weighted by Crippen LogP contribution is 2.38. The minimum absolute atomic E-state index is 0.0525. The second-order valence-corrected chi connectivity index (χ2v) is 6.59. The second-order valence-electron chi connectivity index (χ2n) is 4.04. The van der Waals surface area contributed by atoms with E-state index in [1.807, 2.05) is 12.1 Å². The Balaban J connectivity index is 2.29. The number of nitrogens with zero attached hydrogens (tertiary/aromatic N) is 1. The molecule has 1 N–H and O–H groups in total. The van der Waals surface area contributed by atoms with Gasteiger partial charge in [0.2, 0.25) is 0 Å². The number of nitro benzene ring substituents is 1. The van der Waals surface area contributed by atoms with E-state index >= 15 is 0 Å². The van der Waals surface area contributed by atoms with Crippen LogP contribution in [0.5, 0.6) is 11.5 Å². The van der Waals surface area contributed by atoms with Crippen LogP contribution >= 0.6 is 27.3 Å². The molecule has 0 spiro atoms. The van der Waals surface area contributed by atoms with Crippen LogP contribution in [0.25, 0.3) is 0 Å². The quantitative estimate of drug-likeness (QED) is 0.611. The molecule has 0 aliphatic carbocycles. The van der Waals surface area contributed by atoms with Gasteiger partial charge in [-0.2, -0.15) is 0 Å². The SMILES string of the molecule is COc1cc(NCc2ccc(Br)s2)c([N+](=O)[O-])cc1OC. The smallest absolute Gasteiger partial charge is 0.296 e. The van der Waals surface area contributed by atoms with Crippen LogP contribution in [0.2, 0.25) is 0 Å². The molecule has 0 aliphatic rings. The van der Waals surface area contributed by atoms with Crippen LogP contribution in [-0.4, -0.2) is 19.1 Å². The lowest BCUT2D eigenvalue weighted by atomic mass is 10.2. The van der Waals surface area contributed by atoms with Crippen molar-refractivity contribution in [3.63, 3.8) is 0 Å². The molecule has 8 heteroatoms. The molecule has 1 heterocycles. The summed E-state index contributed by atoms with van der Waals surface area (Å²) in [7, 11) is 2.93. The molecule has 0 bridgehead atoms. The molecular weight excluding hydrogens is 360 g/mol. The van der Waals surface area contributed by atoms with E-state index in [9.17, 15) is 10.1 Å². The first-order valence-electron chi connectivity index (χ1n) is 5.93. The number of hydrogen-bond donors (Lipinski definition) is 1. The van der Waals surface area contributed by atoms with Crippen LogP contribution in [0.15, 0.2) is 28.1 Å². The van der Waals surface area contributed by atoms with Crippen LogP contribution in [0.3, 0.4) is 0 Å². The number of thiophene rings is 1. The Kier molecular flexibility index (Phi) is 5.03. The zero-order valence-electron chi connectivity index (χ0n) is 11.4. The van der Waals surface area contributed by atoms with Gasteiger partial charge in [0.15, 0.2) is 11.5 Å². The van der Waals surface area contributed by atoms with Gasteiger partial charge in [-0.15, -0.1) is 11.3 Å². The van der Waals surface area contributed by atoms with Crippen molar-refractivity contribution in [1.82, 2.24) is 0 Å². The second kappa shape index (κ2) is 6.77. The van der Waals surface area contributed by atoms with E-state index in [2.05, 4.69) is 21.2 Å². The average molecular weight is 373 g/mol. The number of ether oxygens (including phenoxy) is 2. The van der Waals surface area contributed by atoms with Crippen LogP contribution in [0.1, 0.15) is 4.88 Å². The van der Waals surface area contributed by atoms with Crippen molar-refractivity contribution in [2.75, 3.05) is 19.5 Å². The third-order valence-electron chi connectivity index (χ3n) is 2.78. The van der Waals surface area contributed by atoms with Gasteiger partial charge in [0.05, 0.1) is 29.0 Å². The minimum Gasteiger partial charge on any atom is -0.493 e. The largest absolute Gasteiger partial charge is 0.493 e. The Hall–Kier alpha value is -1.80. The highest BCUT2D eigenvalue weighted by molar-refractivity contribution is 9.11. The summed E-state index contributed by atoms with van der Waals surface area (Å²) in [5.41, 5.74) is 0.338. The molecule has 6 nitrogen and oxygen atoms in total. The van der Waals surface area contributed by atoms with Gasteiger partial charge >= 0.3 is 0 Å². The lowest BCUT2D eigenvalue weighted by molar-refractivity contribution is -0.384. The predicted octanol–water partition coefficient (Wildman–Crippen LogP) is 4.05. The molecule has 0 fully saturated rings. The van der Waals surface area contributed by atoms with E-state index in [1.54, 1.807) is 17.4 Å². The van der Waals surface area contributed by atoms with E-state index in [0.29, 0.717) is 23.7 Å². The van der Waals surface area contributed by atoms with Crippen LogP contribution < -0.4 is 14.8 Å². The molecule has 1 aromatic carbocycles. The van der Waals surface area contributed by atoms with Crippen LogP contribution in [-0.2, 0) is 6.54 Å². The molecule has 0 radical (unpaired) electrons. The minimum atomic E-state index is -0.450. The van der Waals surface area contributed by atoms with Crippen molar-refractivity contribution in [3.05, 3.63) is 43.0 Å². The maximum atomic E-state index is 11.2. The number of rotatable bonds is 6. The molecule has 0 unspecified atom stereocenters. The summed E-state index contributed by atoms with van der Waals surface area (Å²) in [6.07, 6.45) is 0. The molecule has 0 aliphatic heterocycles. The topological polar surface area (TPSA) is 73.6 Å². The monoisotopic (exact) mass is 372 g/mol. The van der Waals surface area contributed by atoms with E-state index in [1.165, 1.54) is 20.3 Å². The normalized spacial score (nSPS) is 10.2. The number of hydrogen-bond acceptors (Lipinski definition) is 6. The molecule has 112 valence electrons. The summed E-state index contributed by atoms with van der Waals surface area (Å²) in [6, 6.07) is 6.81. The van der Waals surface area contributed by atoms with E-state index < -0.39 is 4.92 Å². The zero-order chi connectivity index (χ0) is 15.4. The Bertz CT molecular complexity index is 660. The lowest BCUT2D eigenvalue weighted by Gasteiger charge is -2.11. The lowest BCUT2D eigenvalue weighted by Crippen LogP contribution is -2.03. The average Bonchev–Trinajstić information content (AvgIpc) is 2.89. The Morgan fingerprint density at radius 2 is 1.95 bits per heavy atom. The Morgan fingerprint density at radius 3 is 2.48 bits per heavy atom. The van der Waals surface area contributed by atoms with E-state index in [4.69, 9.17) is 9.47 Å². The predicted molar refractivity (Wildman–Crippen MR) is 85.5 cm³/mol. The fourth-order valence-corrected chi connectivity index (χ4v) is 3.21. The first-order chi connectivity index (χ1) is 10.0. The maximum Gasteiger partial charge on any atom is 0.296 e. The van der Waals surface area contributed by atoms with Gasteiger partial charge in [-0.3, -0.25) is 10.1 Å². The first kappa shape index (κ1) is 15.6. The standard InChI is InChI=1S/C13H13BrN2O4S/c1-19-11-5-9(10(16(17)18)6-12(11)20-2)15-7-8-3-4-13(14)21-8/h3-6,15H,7H2,1-2H3. The van der Waals surface area contributed by atoms with Gasteiger partial charge in [0, 0.05) is 17.5 Å². The third-order valence-corrected chi connectivity index (χ3v) is 4.40. The molecule has 1 aromatic heterocycles. The van der Waals surface area contributed by atoms with Gasteiger partial charge in [-0.1, -0.05) is 0 Å². The Morgan fingerprint density at radius 1 is 1.29 bits per heavy atom. The van der Waals surface area contributed by atoms with Crippen molar-refractivity contribution < 1.29 is 14.4 Å². The highest BCUT2D eigenvalue weighted by Gasteiger charge is 2.19. The third kappa shape index (κ3) is 3.64. The van der Waals surface area contributed by atoms with E-state index in [0.717, 1.165) is 8.66 Å². The fraction of sp³-hybridized carbons (Fsp3) is 0.231. The maximum absolute atomic E-state index is 11.2. The first-order valence-corrected chi connectivity index (χ1v) is 7.54. The zero-order valence-corrected chi connectivity index (χ0v) is 13.8. The molecular formula is C13H13BrN2O4S. The van der Waals surface area contributed by atoms with E-state index in [-0.39, 0.29) is 5.69 Å². The molecule has 21 heavy (non-hydrogen) atoms. The number of nitrogens with one attached hydrogen (secondary N) is 1. The van der Waals surface area contributed by atoms with Crippen molar-refractivity contribution in [3.8, 4) is 11.5 Å². The van der Waals surface area contributed by atoms with Crippen LogP contribution in [0, 0.1) is 10.1 Å². The summed E-state index contributed by atoms with van der Waals surface area (Å²) in [5, 5.41) is 14.2. The molecule has 0 saturated heterocycles. The number of benzene rings is 1. The molecule has 2 rings (SSSR count). The van der Waals surface area contributed by atoms with Crippen molar-refractivity contribution in [2.24, 2.45) is 0 Å². The fourth-order valence-electron chi connectivity index (χ4n) is 1.79. The van der Waals surface area contributed by atoms with Gasteiger partial charge in [-0.05, 0) is 28.1 Å². The molecule has 0 atom stereocenters. The van der Waals surface area contributed by atoms with Gasteiger partial charge in [0.1, 0.15) is 5.69 Å². The van der Waals surface area contributed by atoms with Crippen molar-refractivity contribution in [1.29, 1.82) is 0 Å². The van der Waals surface area contributed by atoms with Crippen molar-refractivity contribution in [2.45, 2.75) is 6.54 Å². The summed E-state index contributed by atoms with van der Waals surface area (Å²) in [6.45, 7) is 0.493. The number of nitro groups is 1. The van der Waals surface area contributed by atoms with Crippen molar-refractivity contribution >= 4 is 38.6 Å². The highest BCUT2D eigenvalue weighted by atomic mass is 79.9. The molecule has 2 aromatic rings. The summed E-state index contributed by atoms with van der Waals surface area (Å²) in [4.78, 5) is 11.8. The Labute approximate surface area is 134 Å².